The molecule has 0 aromatic heterocycles. The molecule has 0 amide bonds. The van der Waals surface area contributed by atoms with E-state index < -0.39 is 0 Å². The molecular formula is C15H16Br2S. The second-order valence-corrected chi connectivity index (χ2v) is 7.61. The van der Waals surface area contributed by atoms with Crippen LogP contribution in [-0.2, 0) is 5.41 Å². The lowest BCUT2D eigenvalue weighted by atomic mass is 9.78. The van der Waals surface area contributed by atoms with E-state index in [2.05, 4.69) is 82.1 Å². The van der Waals surface area contributed by atoms with Crippen LogP contribution in [0.5, 0.6) is 0 Å². The van der Waals surface area contributed by atoms with Gasteiger partial charge < -0.3 is 0 Å². The molecule has 0 fully saturated rings. The summed E-state index contributed by atoms with van der Waals surface area (Å²) in [6.07, 6.45) is 7.49. The zero-order valence-corrected chi connectivity index (χ0v) is 14.5. The highest BCUT2D eigenvalue weighted by Gasteiger charge is 2.25. The van der Waals surface area contributed by atoms with Crippen molar-refractivity contribution in [2.24, 2.45) is 0 Å². The number of benzene rings is 1. The van der Waals surface area contributed by atoms with Gasteiger partial charge in [0.25, 0.3) is 0 Å². The lowest BCUT2D eigenvalue weighted by Gasteiger charge is -2.27. The maximum Gasteiger partial charge on any atom is 0.0464 e. The first-order valence-corrected chi connectivity index (χ1v) is 8.02. The van der Waals surface area contributed by atoms with Gasteiger partial charge in [0, 0.05) is 14.2 Å². The molecule has 0 nitrogen and oxygen atoms in total. The van der Waals surface area contributed by atoms with Crippen LogP contribution in [0.2, 0.25) is 0 Å². The maximum atomic E-state index is 4.73. The summed E-state index contributed by atoms with van der Waals surface area (Å²) in [4.78, 5) is 0. The van der Waals surface area contributed by atoms with Crippen LogP contribution in [0.15, 0.2) is 45.4 Å². The van der Waals surface area contributed by atoms with Crippen molar-refractivity contribution in [3.8, 4) is 0 Å². The fourth-order valence-electron chi connectivity index (χ4n) is 2.27. The van der Waals surface area contributed by atoms with Crippen molar-refractivity contribution in [2.75, 3.05) is 0 Å². The van der Waals surface area contributed by atoms with Crippen molar-refractivity contribution >= 4 is 44.5 Å². The zero-order valence-electron chi connectivity index (χ0n) is 10.5. The Morgan fingerprint density at radius 3 is 2.72 bits per heavy atom. The number of fused-ring (bicyclic) bond motifs is 1. The summed E-state index contributed by atoms with van der Waals surface area (Å²) in [6, 6.07) is 6.50. The van der Waals surface area contributed by atoms with Gasteiger partial charge >= 0.3 is 0 Å². The molecule has 0 saturated carbocycles. The minimum Gasteiger partial charge on any atom is -0.167 e. The Morgan fingerprint density at radius 1 is 1.28 bits per heavy atom. The molecular weight excluding hydrogens is 372 g/mol. The standard InChI is InChI=1S/C15H16Br2S/c1-15(2)7-3-4-10(16)9-14(18)12-8-11(17)5-6-13(12)15/h3-6,8-9,14,18H,7H2,1-2H3/b4-3-,10-9+. The minimum absolute atomic E-state index is 0.105. The summed E-state index contributed by atoms with van der Waals surface area (Å²) in [5.41, 5.74) is 2.77. The summed E-state index contributed by atoms with van der Waals surface area (Å²) in [5.74, 6) is 0. The highest BCUT2D eigenvalue weighted by atomic mass is 79.9. The van der Waals surface area contributed by atoms with Gasteiger partial charge in [-0.25, -0.2) is 0 Å². The fraction of sp³-hybridized carbons (Fsp3) is 0.333. The Morgan fingerprint density at radius 2 is 2.00 bits per heavy atom. The lowest BCUT2D eigenvalue weighted by Crippen LogP contribution is -2.18. The fourth-order valence-corrected chi connectivity index (χ4v) is 3.68. The molecule has 0 N–H and O–H groups in total. The van der Waals surface area contributed by atoms with Crippen molar-refractivity contribution in [1.29, 1.82) is 0 Å². The third kappa shape index (κ3) is 3.12. The molecule has 1 aliphatic rings. The SMILES string of the molecule is CC1(C)C/C=C\C(Br)=C/C(S)c2cc(Br)ccc21. The quantitative estimate of drug-likeness (QED) is 0.523. The van der Waals surface area contributed by atoms with Crippen LogP contribution < -0.4 is 0 Å². The van der Waals surface area contributed by atoms with Crippen LogP contribution in [0.1, 0.15) is 36.6 Å². The van der Waals surface area contributed by atoms with Crippen molar-refractivity contribution in [2.45, 2.75) is 30.9 Å². The second-order valence-electron chi connectivity index (χ2n) is 5.22. The van der Waals surface area contributed by atoms with E-state index in [-0.39, 0.29) is 10.7 Å². The molecule has 0 aliphatic heterocycles. The summed E-state index contributed by atoms with van der Waals surface area (Å²) in [6.45, 7) is 4.56. The summed E-state index contributed by atoms with van der Waals surface area (Å²) in [5, 5.41) is 0.105. The average molecular weight is 388 g/mol. The first-order valence-electron chi connectivity index (χ1n) is 5.92. The molecule has 18 heavy (non-hydrogen) atoms. The molecule has 0 spiro atoms. The van der Waals surface area contributed by atoms with Crippen LogP contribution in [-0.4, -0.2) is 0 Å². The second kappa shape index (κ2) is 5.56. The predicted octanol–water partition coefficient (Wildman–Crippen LogP) is 5.94. The molecule has 0 radical (unpaired) electrons. The third-order valence-electron chi connectivity index (χ3n) is 3.28. The monoisotopic (exact) mass is 386 g/mol. The normalized spacial score (nSPS) is 27.2. The number of rotatable bonds is 0. The number of halogens is 2. The first-order chi connectivity index (χ1) is 8.40. The number of hydrogen-bond acceptors (Lipinski definition) is 1. The smallest absolute Gasteiger partial charge is 0.0464 e. The molecule has 1 unspecified atom stereocenters. The number of allylic oxidation sites excluding steroid dienone is 3. The third-order valence-corrected chi connectivity index (χ3v) is 4.73. The van der Waals surface area contributed by atoms with Crippen molar-refractivity contribution in [3.05, 3.63) is 56.5 Å². The van der Waals surface area contributed by atoms with E-state index in [0.29, 0.717) is 0 Å². The van der Waals surface area contributed by atoms with Crippen LogP contribution in [0.3, 0.4) is 0 Å². The van der Waals surface area contributed by atoms with Crippen molar-refractivity contribution in [3.63, 3.8) is 0 Å². The van der Waals surface area contributed by atoms with E-state index in [1.807, 2.05) is 0 Å². The molecule has 1 aromatic rings. The van der Waals surface area contributed by atoms with Gasteiger partial charge in [-0.2, -0.15) is 12.6 Å². The molecule has 0 saturated heterocycles. The van der Waals surface area contributed by atoms with Gasteiger partial charge in [0.1, 0.15) is 0 Å². The zero-order chi connectivity index (χ0) is 13.3. The Bertz CT molecular complexity index is 515. The molecule has 3 heteroatoms. The molecule has 1 atom stereocenters. The van der Waals surface area contributed by atoms with Gasteiger partial charge in [0.15, 0.2) is 0 Å². The lowest BCUT2D eigenvalue weighted by molar-refractivity contribution is 0.529. The van der Waals surface area contributed by atoms with Gasteiger partial charge in [-0.3, -0.25) is 0 Å². The number of thiol groups is 1. The molecule has 0 heterocycles. The van der Waals surface area contributed by atoms with Crippen LogP contribution in [0, 0.1) is 0 Å². The van der Waals surface area contributed by atoms with Gasteiger partial charge in [0.2, 0.25) is 0 Å². The van der Waals surface area contributed by atoms with E-state index in [0.717, 1.165) is 15.4 Å². The molecule has 2 rings (SSSR count). The van der Waals surface area contributed by atoms with E-state index in [1.54, 1.807) is 0 Å². The molecule has 1 aliphatic carbocycles. The van der Waals surface area contributed by atoms with Crippen molar-refractivity contribution in [1.82, 2.24) is 0 Å². The van der Waals surface area contributed by atoms with Gasteiger partial charge in [-0.15, -0.1) is 0 Å². The largest absolute Gasteiger partial charge is 0.167 e. The van der Waals surface area contributed by atoms with Gasteiger partial charge in [0.05, 0.1) is 0 Å². The first kappa shape index (κ1) is 14.4. The van der Waals surface area contributed by atoms with E-state index in [4.69, 9.17) is 12.6 Å². The molecule has 0 bridgehead atoms. The van der Waals surface area contributed by atoms with Crippen molar-refractivity contribution < 1.29 is 0 Å². The number of hydrogen-bond donors (Lipinski definition) is 1. The Hall–Kier alpha value is 0.01000. The Kier molecular flexibility index (Phi) is 4.45. The van der Waals surface area contributed by atoms with Gasteiger partial charge in [-0.1, -0.05) is 70.0 Å². The maximum absolute atomic E-state index is 4.73. The molecule has 96 valence electrons. The summed E-state index contributed by atoms with van der Waals surface area (Å²) in [7, 11) is 0. The highest BCUT2D eigenvalue weighted by molar-refractivity contribution is 9.12. The van der Waals surface area contributed by atoms with E-state index in [1.165, 1.54) is 11.1 Å². The van der Waals surface area contributed by atoms with E-state index in [9.17, 15) is 0 Å². The average Bonchev–Trinajstić information content (AvgIpc) is 2.30. The Labute approximate surface area is 131 Å². The van der Waals surface area contributed by atoms with Crippen LogP contribution in [0.25, 0.3) is 0 Å². The topological polar surface area (TPSA) is 0 Å². The predicted molar refractivity (Wildman–Crippen MR) is 89.7 cm³/mol. The highest BCUT2D eigenvalue weighted by Crippen LogP contribution is 2.39. The van der Waals surface area contributed by atoms with E-state index >= 15 is 0 Å². The summed E-state index contributed by atoms with van der Waals surface area (Å²) < 4.78 is 2.19. The van der Waals surface area contributed by atoms with Crippen LogP contribution in [0.4, 0.5) is 0 Å². The molecule has 1 aromatic carbocycles. The van der Waals surface area contributed by atoms with Gasteiger partial charge in [-0.05, 0) is 35.1 Å². The van der Waals surface area contributed by atoms with Crippen LogP contribution >= 0.6 is 44.5 Å². The summed E-state index contributed by atoms with van der Waals surface area (Å²) >= 11 is 11.9. The minimum atomic E-state index is 0.105. The Balaban J connectivity index is 2.63.